The number of nitrogens with zero attached hydrogens (tertiary/aromatic N) is 2. The van der Waals surface area contributed by atoms with Gasteiger partial charge >= 0.3 is 6.03 Å². The highest BCUT2D eigenvalue weighted by Crippen LogP contribution is 2.21. The Morgan fingerprint density at radius 2 is 2.00 bits per heavy atom. The quantitative estimate of drug-likeness (QED) is 0.638. The zero-order chi connectivity index (χ0) is 18.5. The van der Waals surface area contributed by atoms with Crippen LogP contribution in [0.25, 0.3) is 0 Å². The van der Waals surface area contributed by atoms with E-state index in [0.717, 1.165) is 26.1 Å². The zero-order valence-electron chi connectivity index (χ0n) is 14.7. The Balaban J connectivity index is 1.45. The number of fused-ring (bicyclic) bond motifs is 1. The van der Waals surface area contributed by atoms with Crippen molar-refractivity contribution in [1.29, 1.82) is 0 Å². The summed E-state index contributed by atoms with van der Waals surface area (Å²) in [5.74, 6) is 0. The van der Waals surface area contributed by atoms with Crippen molar-refractivity contribution in [3.8, 4) is 0 Å². The summed E-state index contributed by atoms with van der Waals surface area (Å²) >= 11 is 0. The van der Waals surface area contributed by atoms with E-state index in [1.807, 2.05) is 0 Å². The zero-order valence-corrected chi connectivity index (χ0v) is 14.7. The lowest BCUT2D eigenvalue weighted by atomic mass is 10.00. The van der Waals surface area contributed by atoms with Gasteiger partial charge in [-0.15, -0.1) is 0 Å². The fourth-order valence-corrected chi connectivity index (χ4v) is 3.19. The van der Waals surface area contributed by atoms with Crippen molar-refractivity contribution in [2.45, 2.75) is 19.9 Å². The maximum atomic E-state index is 12.0. The number of anilines is 1. The molecule has 26 heavy (non-hydrogen) atoms. The molecular formula is C19H22N4O3. The van der Waals surface area contributed by atoms with Crippen molar-refractivity contribution in [3.05, 3.63) is 69.3 Å². The summed E-state index contributed by atoms with van der Waals surface area (Å²) in [7, 11) is 0. The molecular weight excluding hydrogens is 332 g/mol. The molecule has 0 saturated heterocycles. The fourth-order valence-electron chi connectivity index (χ4n) is 3.19. The minimum absolute atomic E-state index is 0.0429. The molecule has 2 N–H and O–H groups in total. The number of nitrogens with one attached hydrogen (secondary N) is 2. The van der Waals surface area contributed by atoms with Crippen LogP contribution in [-0.2, 0) is 13.0 Å². The number of carbonyl (C=O) groups is 1. The van der Waals surface area contributed by atoms with Crippen LogP contribution in [0.1, 0.15) is 16.7 Å². The van der Waals surface area contributed by atoms with Crippen molar-refractivity contribution in [3.63, 3.8) is 0 Å². The standard InChI is InChI=1S/C19H22N4O3/c1-14-12-17(6-7-18(14)23(25)26)21-19(24)20-9-11-22-10-8-15-4-2-3-5-16(15)13-22/h2-7,12H,8-11,13H2,1H3,(H2,20,21,24). The van der Waals surface area contributed by atoms with Crippen LogP contribution in [0.3, 0.4) is 0 Å². The smallest absolute Gasteiger partial charge is 0.319 e. The number of amides is 2. The molecule has 2 aromatic carbocycles. The van der Waals surface area contributed by atoms with Crippen LogP contribution < -0.4 is 10.6 Å². The average Bonchev–Trinajstić information content (AvgIpc) is 2.61. The molecule has 0 unspecified atom stereocenters. The molecule has 0 aromatic heterocycles. The summed E-state index contributed by atoms with van der Waals surface area (Å²) in [5, 5.41) is 16.4. The summed E-state index contributed by atoms with van der Waals surface area (Å²) in [6.45, 7) is 4.86. The van der Waals surface area contributed by atoms with E-state index < -0.39 is 4.92 Å². The van der Waals surface area contributed by atoms with Gasteiger partial charge in [-0.2, -0.15) is 0 Å². The number of carbonyl (C=O) groups excluding carboxylic acids is 1. The van der Waals surface area contributed by atoms with Gasteiger partial charge in [-0.1, -0.05) is 24.3 Å². The second-order valence-corrected chi connectivity index (χ2v) is 6.43. The van der Waals surface area contributed by atoms with Gasteiger partial charge in [0, 0.05) is 43.5 Å². The monoisotopic (exact) mass is 354 g/mol. The molecule has 1 heterocycles. The molecule has 3 rings (SSSR count). The number of aryl methyl sites for hydroxylation is 1. The molecule has 0 fully saturated rings. The maximum absolute atomic E-state index is 12.0. The molecule has 1 aliphatic heterocycles. The lowest BCUT2D eigenvalue weighted by molar-refractivity contribution is -0.385. The topological polar surface area (TPSA) is 87.5 Å². The van der Waals surface area contributed by atoms with Crippen LogP contribution in [0.5, 0.6) is 0 Å². The Labute approximate surface area is 152 Å². The van der Waals surface area contributed by atoms with Crippen molar-refractivity contribution >= 4 is 17.4 Å². The molecule has 1 aliphatic rings. The van der Waals surface area contributed by atoms with Crippen LogP contribution in [0, 0.1) is 17.0 Å². The Bertz CT molecular complexity index is 822. The highest BCUT2D eigenvalue weighted by molar-refractivity contribution is 5.89. The normalized spacial score (nSPS) is 13.7. The number of urea groups is 1. The lowest BCUT2D eigenvalue weighted by Crippen LogP contribution is -2.39. The first kappa shape index (κ1) is 17.9. The molecule has 0 aliphatic carbocycles. The van der Waals surface area contributed by atoms with Gasteiger partial charge in [-0.3, -0.25) is 15.0 Å². The summed E-state index contributed by atoms with van der Waals surface area (Å²) < 4.78 is 0. The van der Waals surface area contributed by atoms with E-state index in [2.05, 4.69) is 39.8 Å². The third-order valence-corrected chi connectivity index (χ3v) is 4.57. The fraction of sp³-hybridized carbons (Fsp3) is 0.316. The summed E-state index contributed by atoms with van der Waals surface area (Å²) in [6, 6.07) is 12.7. The van der Waals surface area contributed by atoms with Gasteiger partial charge in [0.05, 0.1) is 4.92 Å². The minimum Gasteiger partial charge on any atom is -0.337 e. The third-order valence-electron chi connectivity index (χ3n) is 4.57. The van der Waals surface area contributed by atoms with Crippen LogP contribution in [-0.4, -0.2) is 35.5 Å². The first-order valence-corrected chi connectivity index (χ1v) is 8.62. The molecule has 2 aromatic rings. The van der Waals surface area contributed by atoms with Gasteiger partial charge in [-0.05, 0) is 36.6 Å². The van der Waals surface area contributed by atoms with E-state index in [1.165, 1.54) is 23.3 Å². The van der Waals surface area contributed by atoms with Crippen molar-refractivity contribution < 1.29 is 9.72 Å². The predicted octanol–water partition coefficient (Wildman–Crippen LogP) is 3.08. The van der Waals surface area contributed by atoms with Gasteiger partial charge in [0.1, 0.15) is 0 Å². The lowest BCUT2D eigenvalue weighted by Gasteiger charge is -2.28. The molecule has 0 atom stereocenters. The summed E-state index contributed by atoms with van der Waals surface area (Å²) in [4.78, 5) is 24.7. The second-order valence-electron chi connectivity index (χ2n) is 6.43. The van der Waals surface area contributed by atoms with E-state index in [0.29, 0.717) is 17.8 Å². The van der Waals surface area contributed by atoms with Gasteiger partial charge in [-0.25, -0.2) is 4.79 Å². The Kier molecular flexibility index (Phi) is 5.48. The maximum Gasteiger partial charge on any atom is 0.319 e. The molecule has 0 bridgehead atoms. The van der Waals surface area contributed by atoms with Crippen LogP contribution in [0.2, 0.25) is 0 Å². The molecule has 136 valence electrons. The average molecular weight is 354 g/mol. The number of rotatable bonds is 5. The number of nitro benzene ring substituents is 1. The molecule has 7 heteroatoms. The van der Waals surface area contributed by atoms with Crippen molar-refractivity contribution in [1.82, 2.24) is 10.2 Å². The largest absolute Gasteiger partial charge is 0.337 e. The van der Waals surface area contributed by atoms with E-state index >= 15 is 0 Å². The molecule has 7 nitrogen and oxygen atoms in total. The minimum atomic E-state index is -0.435. The number of hydrogen-bond acceptors (Lipinski definition) is 4. The third kappa shape index (κ3) is 4.37. The Morgan fingerprint density at radius 1 is 1.23 bits per heavy atom. The molecule has 0 spiro atoms. The molecule has 0 saturated carbocycles. The van der Waals surface area contributed by atoms with Gasteiger partial charge < -0.3 is 10.6 Å². The summed E-state index contributed by atoms with van der Waals surface area (Å²) in [5.41, 5.74) is 3.85. The first-order chi connectivity index (χ1) is 12.5. The van der Waals surface area contributed by atoms with Crippen molar-refractivity contribution in [2.75, 3.05) is 25.0 Å². The highest BCUT2D eigenvalue weighted by Gasteiger charge is 2.15. The molecule has 0 radical (unpaired) electrons. The predicted molar refractivity (Wildman–Crippen MR) is 100 cm³/mol. The SMILES string of the molecule is Cc1cc(NC(=O)NCCN2CCc3ccccc3C2)ccc1[N+](=O)[O-]. The Hall–Kier alpha value is -2.93. The number of nitro groups is 1. The van der Waals surface area contributed by atoms with E-state index in [4.69, 9.17) is 0 Å². The van der Waals surface area contributed by atoms with Crippen LogP contribution >= 0.6 is 0 Å². The van der Waals surface area contributed by atoms with Crippen LogP contribution in [0.4, 0.5) is 16.2 Å². The Morgan fingerprint density at radius 3 is 2.73 bits per heavy atom. The van der Waals surface area contributed by atoms with Gasteiger partial charge in [0.2, 0.25) is 0 Å². The van der Waals surface area contributed by atoms with Gasteiger partial charge in [0.15, 0.2) is 0 Å². The van der Waals surface area contributed by atoms with Crippen molar-refractivity contribution in [2.24, 2.45) is 0 Å². The number of hydrogen-bond donors (Lipinski definition) is 2. The highest BCUT2D eigenvalue weighted by atomic mass is 16.6. The van der Waals surface area contributed by atoms with Crippen LogP contribution in [0.15, 0.2) is 42.5 Å². The van der Waals surface area contributed by atoms with Gasteiger partial charge in [0.25, 0.3) is 5.69 Å². The number of benzene rings is 2. The second kappa shape index (κ2) is 7.97. The van der Waals surface area contributed by atoms with E-state index in [9.17, 15) is 14.9 Å². The molecule has 2 amide bonds. The first-order valence-electron chi connectivity index (χ1n) is 8.62. The van der Waals surface area contributed by atoms with E-state index in [1.54, 1.807) is 13.0 Å². The summed E-state index contributed by atoms with van der Waals surface area (Å²) in [6.07, 6.45) is 1.03. The van der Waals surface area contributed by atoms with E-state index in [-0.39, 0.29) is 11.7 Å².